The maximum Gasteiger partial charge on any atom is 0.191 e. The largest absolute Gasteiger partial charge is 0.385 e. The third kappa shape index (κ3) is 7.35. The number of guanidine groups is 1. The summed E-state index contributed by atoms with van der Waals surface area (Å²) in [6.45, 7) is 2.61. The lowest BCUT2D eigenvalue weighted by molar-refractivity contribution is 0.138. The summed E-state index contributed by atoms with van der Waals surface area (Å²) in [5.41, 5.74) is 1.64. The number of ether oxygens (including phenoxy) is 1. The van der Waals surface area contributed by atoms with Crippen molar-refractivity contribution in [2.75, 3.05) is 33.6 Å². The molecule has 1 aromatic rings. The van der Waals surface area contributed by atoms with Crippen LogP contribution in [-0.4, -0.2) is 39.5 Å². The van der Waals surface area contributed by atoms with Crippen LogP contribution in [0.5, 0.6) is 0 Å². The molecule has 1 aliphatic carbocycles. The first-order valence-corrected chi connectivity index (χ1v) is 10.0. The number of hydrogen-bond donors (Lipinski definition) is 2. The molecule has 1 fully saturated rings. The highest BCUT2D eigenvalue weighted by Crippen LogP contribution is 2.40. The quantitative estimate of drug-likeness (QED) is 0.254. The minimum atomic E-state index is 0. The molecule has 0 saturated heterocycles. The van der Waals surface area contributed by atoms with Gasteiger partial charge in [0.25, 0.3) is 0 Å². The van der Waals surface area contributed by atoms with Crippen LogP contribution >= 0.6 is 35.7 Å². The average Bonchev–Trinajstić information content (AvgIpc) is 3.10. The van der Waals surface area contributed by atoms with Crippen LogP contribution in [-0.2, 0) is 11.3 Å². The van der Waals surface area contributed by atoms with Gasteiger partial charge in [0.05, 0.1) is 0 Å². The van der Waals surface area contributed by atoms with Crippen molar-refractivity contribution in [2.24, 2.45) is 10.4 Å². The first-order valence-electron chi connectivity index (χ1n) is 8.78. The number of thioether (sulfide) groups is 1. The van der Waals surface area contributed by atoms with Gasteiger partial charge in [-0.25, -0.2) is 0 Å². The number of halogens is 1. The smallest absolute Gasteiger partial charge is 0.191 e. The van der Waals surface area contributed by atoms with E-state index in [9.17, 15) is 0 Å². The molecule has 0 bridgehead atoms. The van der Waals surface area contributed by atoms with Crippen LogP contribution in [0.1, 0.15) is 37.7 Å². The molecule has 0 radical (unpaired) electrons. The standard InChI is InChI=1S/C19H31N3OS.HI/c1-20-18(21-14-16-6-8-17(24-3)9-7-16)22-15-19(12-13-23-2)10-4-5-11-19;/h6-9H,4-5,10-15H2,1-3H3,(H2,20,21,22);1H. The van der Waals surface area contributed by atoms with Crippen LogP contribution in [0, 0.1) is 5.41 Å². The van der Waals surface area contributed by atoms with Crippen molar-refractivity contribution in [3.8, 4) is 0 Å². The molecule has 1 aromatic carbocycles. The van der Waals surface area contributed by atoms with E-state index < -0.39 is 0 Å². The Morgan fingerprint density at radius 1 is 1.20 bits per heavy atom. The summed E-state index contributed by atoms with van der Waals surface area (Å²) in [7, 11) is 3.63. The number of nitrogens with one attached hydrogen (secondary N) is 2. The Morgan fingerprint density at radius 3 is 2.44 bits per heavy atom. The third-order valence-electron chi connectivity index (χ3n) is 4.97. The molecule has 2 N–H and O–H groups in total. The van der Waals surface area contributed by atoms with Gasteiger partial charge in [-0.2, -0.15) is 0 Å². The molecule has 2 rings (SSSR count). The highest BCUT2D eigenvalue weighted by Gasteiger charge is 2.33. The number of methoxy groups -OCH3 is 1. The lowest BCUT2D eigenvalue weighted by atomic mass is 9.83. The first kappa shape index (κ1) is 22.6. The van der Waals surface area contributed by atoms with Gasteiger partial charge in [-0.05, 0) is 48.6 Å². The molecule has 0 spiro atoms. The fourth-order valence-electron chi connectivity index (χ4n) is 3.38. The van der Waals surface area contributed by atoms with Gasteiger partial charge in [0, 0.05) is 38.7 Å². The zero-order valence-corrected chi connectivity index (χ0v) is 18.8. The maximum atomic E-state index is 5.31. The molecule has 0 amide bonds. The first-order chi connectivity index (χ1) is 11.7. The van der Waals surface area contributed by atoms with E-state index in [1.54, 1.807) is 18.9 Å². The lowest BCUT2D eigenvalue weighted by Crippen LogP contribution is -2.43. The van der Waals surface area contributed by atoms with E-state index >= 15 is 0 Å². The Bertz CT molecular complexity index is 516. The van der Waals surface area contributed by atoms with E-state index in [2.05, 4.69) is 46.1 Å². The van der Waals surface area contributed by atoms with Crippen LogP contribution in [0.15, 0.2) is 34.2 Å². The van der Waals surface area contributed by atoms with Crippen molar-refractivity contribution in [1.82, 2.24) is 10.6 Å². The molecule has 0 unspecified atom stereocenters. The zero-order chi connectivity index (χ0) is 17.3. The van der Waals surface area contributed by atoms with Gasteiger partial charge >= 0.3 is 0 Å². The molecule has 25 heavy (non-hydrogen) atoms. The fraction of sp³-hybridized carbons (Fsp3) is 0.632. The Kier molecular flexibility index (Phi) is 10.8. The molecule has 4 nitrogen and oxygen atoms in total. The summed E-state index contributed by atoms with van der Waals surface area (Å²) < 4.78 is 5.31. The molecular formula is C19H32IN3OS. The van der Waals surface area contributed by atoms with Crippen LogP contribution < -0.4 is 10.6 Å². The van der Waals surface area contributed by atoms with Gasteiger partial charge in [0.1, 0.15) is 0 Å². The molecule has 0 atom stereocenters. The van der Waals surface area contributed by atoms with Crippen molar-refractivity contribution in [3.05, 3.63) is 29.8 Å². The highest BCUT2D eigenvalue weighted by atomic mass is 127. The van der Waals surface area contributed by atoms with Gasteiger partial charge in [-0.15, -0.1) is 35.7 Å². The number of nitrogens with zero attached hydrogens (tertiary/aromatic N) is 1. The van der Waals surface area contributed by atoms with E-state index in [0.717, 1.165) is 32.1 Å². The zero-order valence-electron chi connectivity index (χ0n) is 15.6. The summed E-state index contributed by atoms with van der Waals surface area (Å²) in [4.78, 5) is 5.66. The van der Waals surface area contributed by atoms with Crippen molar-refractivity contribution >= 4 is 41.7 Å². The second-order valence-electron chi connectivity index (χ2n) is 6.58. The number of aliphatic imine (C=N–C) groups is 1. The predicted octanol–water partition coefficient (Wildman–Crippen LogP) is 4.29. The van der Waals surface area contributed by atoms with E-state index in [0.29, 0.717) is 5.41 Å². The Morgan fingerprint density at radius 2 is 1.88 bits per heavy atom. The van der Waals surface area contributed by atoms with Crippen molar-refractivity contribution in [3.63, 3.8) is 0 Å². The number of rotatable bonds is 8. The Balaban J connectivity index is 0.00000312. The van der Waals surface area contributed by atoms with Gasteiger partial charge in [-0.3, -0.25) is 4.99 Å². The van der Waals surface area contributed by atoms with Gasteiger partial charge in [-0.1, -0.05) is 25.0 Å². The Hall–Kier alpha value is -0.470. The van der Waals surface area contributed by atoms with E-state index in [1.165, 1.54) is 36.1 Å². The van der Waals surface area contributed by atoms with Crippen molar-refractivity contribution in [2.45, 2.75) is 43.5 Å². The third-order valence-corrected chi connectivity index (χ3v) is 5.72. The van der Waals surface area contributed by atoms with Crippen LogP contribution in [0.2, 0.25) is 0 Å². The SMILES string of the molecule is CN=C(NCc1ccc(SC)cc1)NCC1(CCOC)CCCC1.I. The summed E-state index contributed by atoms with van der Waals surface area (Å²) in [5.74, 6) is 0.882. The molecular weight excluding hydrogens is 445 g/mol. The second kappa shape index (κ2) is 12.0. The molecule has 0 aromatic heterocycles. The summed E-state index contributed by atoms with van der Waals surface area (Å²) in [6, 6.07) is 8.67. The summed E-state index contributed by atoms with van der Waals surface area (Å²) >= 11 is 1.77. The highest BCUT2D eigenvalue weighted by molar-refractivity contribution is 14.0. The van der Waals surface area contributed by atoms with Crippen molar-refractivity contribution in [1.29, 1.82) is 0 Å². The fourth-order valence-corrected chi connectivity index (χ4v) is 3.79. The average molecular weight is 477 g/mol. The number of hydrogen-bond acceptors (Lipinski definition) is 3. The van der Waals surface area contributed by atoms with E-state index in [1.807, 2.05) is 7.05 Å². The van der Waals surface area contributed by atoms with E-state index in [-0.39, 0.29) is 24.0 Å². The molecule has 0 aliphatic heterocycles. The van der Waals surface area contributed by atoms with Gasteiger partial charge in [0.15, 0.2) is 5.96 Å². The Labute approximate surface area is 174 Å². The van der Waals surface area contributed by atoms with Crippen molar-refractivity contribution < 1.29 is 4.74 Å². The topological polar surface area (TPSA) is 45.7 Å². The van der Waals surface area contributed by atoms with Gasteiger partial charge in [0.2, 0.25) is 0 Å². The van der Waals surface area contributed by atoms with Crippen LogP contribution in [0.25, 0.3) is 0 Å². The minimum Gasteiger partial charge on any atom is -0.385 e. The van der Waals surface area contributed by atoms with Crippen LogP contribution in [0.4, 0.5) is 0 Å². The monoisotopic (exact) mass is 477 g/mol. The normalized spacial score (nSPS) is 16.4. The molecule has 1 aliphatic rings. The molecule has 6 heteroatoms. The van der Waals surface area contributed by atoms with E-state index in [4.69, 9.17) is 4.74 Å². The maximum absolute atomic E-state index is 5.31. The molecule has 0 heterocycles. The minimum absolute atomic E-state index is 0. The molecule has 1 saturated carbocycles. The second-order valence-corrected chi connectivity index (χ2v) is 7.46. The summed E-state index contributed by atoms with van der Waals surface area (Å²) in [6.07, 6.45) is 8.47. The lowest BCUT2D eigenvalue weighted by Gasteiger charge is -2.30. The molecule has 142 valence electrons. The number of benzene rings is 1. The predicted molar refractivity (Wildman–Crippen MR) is 119 cm³/mol. The van der Waals surface area contributed by atoms with Crippen LogP contribution in [0.3, 0.4) is 0 Å². The van der Waals surface area contributed by atoms with Gasteiger partial charge < -0.3 is 15.4 Å². The summed E-state index contributed by atoms with van der Waals surface area (Å²) in [5, 5.41) is 6.95.